The van der Waals surface area contributed by atoms with Gasteiger partial charge in [-0.1, -0.05) is 25.0 Å². The number of rotatable bonds is 7. The van der Waals surface area contributed by atoms with E-state index in [2.05, 4.69) is 13.8 Å². The molecular formula is C23H34O5. The van der Waals surface area contributed by atoms with Crippen LogP contribution in [0.25, 0.3) is 0 Å². The lowest BCUT2D eigenvalue weighted by molar-refractivity contribution is -0.137. The van der Waals surface area contributed by atoms with Crippen molar-refractivity contribution in [3.63, 3.8) is 0 Å². The Hall–Kier alpha value is -1.49. The third-order valence-corrected chi connectivity index (χ3v) is 8.41. The van der Waals surface area contributed by atoms with Crippen molar-refractivity contribution in [1.29, 1.82) is 0 Å². The van der Waals surface area contributed by atoms with Gasteiger partial charge in [0.1, 0.15) is 12.4 Å². The Kier molecular flexibility index (Phi) is 5.86. The summed E-state index contributed by atoms with van der Waals surface area (Å²) in [5.41, 5.74) is 2.53. The van der Waals surface area contributed by atoms with Crippen molar-refractivity contribution >= 4 is 17.5 Å². The molecule has 1 fully saturated rings. The molecule has 0 aromatic rings. The molecule has 3 rings (SSSR count). The minimum atomic E-state index is -0.806. The Morgan fingerprint density at radius 2 is 1.82 bits per heavy atom. The number of Topliss-reactive ketones (excluding diaryl/α,β-unsaturated/α-hetero) is 2. The second kappa shape index (κ2) is 7.74. The third kappa shape index (κ3) is 3.47. The molecule has 5 atom stereocenters. The molecule has 0 aromatic carbocycles. The van der Waals surface area contributed by atoms with Gasteiger partial charge in [-0.25, -0.2) is 0 Å². The molecule has 0 aliphatic heterocycles. The molecule has 28 heavy (non-hydrogen) atoms. The molecule has 0 bridgehead atoms. The highest BCUT2D eigenvalue weighted by Gasteiger charge is 2.55. The SMILES string of the molecule is CC(=O)[C@H]1CC[C@H]2C3=C(CC[C@]12C)[C@@](C)(CCC(=O)O)[C@H](CC(=O)CO)CC3. The third-order valence-electron chi connectivity index (χ3n) is 8.41. The molecule has 5 nitrogen and oxygen atoms in total. The number of carboxylic acids is 1. The van der Waals surface area contributed by atoms with Gasteiger partial charge in [0.05, 0.1) is 0 Å². The van der Waals surface area contributed by atoms with Gasteiger partial charge in [-0.3, -0.25) is 14.4 Å². The molecule has 3 aliphatic carbocycles. The standard InChI is InChI=1S/C23H34O5/c1-14(25)18-6-7-19-17-5-4-15(12-16(26)13-24)22(2,11-9-21(27)28)20(17)8-10-23(18,19)3/h15,18-19,24H,4-13H2,1-3H3,(H,27,28)/t15-,18+,19-,22-,23+/m0/s1. The highest BCUT2D eigenvalue weighted by atomic mass is 16.4. The average Bonchev–Trinajstić information content (AvgIpc) is 2.99. The molecule has 0 amide bonds. The van der Waals surface area contributed by atoms with Crippen LogP contribution in [0.4, 0.5) is 0 Å². The van der Waals surface area contributed by atoms with Crippen molar-refractivity contribution in [1.82, 2.24) is 0 Å². The summed E-state index contributed by atoms with van der Waals surface area (Å²) in [7, 11) is 0. The number of aliphatic carboxylic acids is 1. The van der Waals surface area contributed by atoms with Crippen molar-refractivity contribution < 1.29 is 24.6 Å². The van der Waals surface area contributed by atoms with Gasteiger partial charge in [-0.2, -0.15) is 0 Å². The molecule has 3 aliphatic rings. The monoisotopic (exact) mass is 390 g/mol. The van der Waals surface area contributed by atoms with Gasteiger partial charge in [0.25, 0.3) is 0 Å². The molecule has 0 radical (unpaired) electrons. The molecule has 2 N–H and O–H groups in total. The number of carboxylic acid groups (broad SMARTS) is 1. The number of aliphatic hydroxyl groups excluding tert-OH is 1. The van der Waals surface area contributed by atoms with E-state index in [0.29, 0.717) is 24.5 Å². The summed E-state index contributed by atoms with van der Waals surface area (Å²) >= 11 is 0. The molecule has 0 unspecified atom stereocenters. The van der Waals surface area contributed by atoms with Gasteiger partial charge in [-0.15, -0.1) is 0 Å². The van der Waals surface area contributed by atoms with Crippen LogP contribution in [0.3, 0.4) is 0 Å². The van der Waals surface area contributed by atoms with E-state index in [4.69, 9.17) is 0 Å². The minimum Gasteiger partial charge on any atom is -0.481 e. The largest absolute Gasteiger partial charge is 0.481 e. The predicted molar refractivity (Wildman–Crippen MR) is 106 cm³/mol. The number of carbonyl (C=O) groups is 3. The fourth-order valence-electron chi connectivity index (χ4n) is 6.85. The topological polar surface area (TPSA) is 91.7 Å². The van der Waals surface area contributed by atoms with Crippen molar-refractivity contribution in [2.24, 2.45) is 28.6 Å². The van der Waals surface area contributed by atoms with Crippen LogP contribution >= 0.6 is 0 Å². The quantitative estimate of drug-likeness (QED) is 0.643. The summed E-state index contributed by atoms with van der Waals surface area (Å²) in [6, 6.07) is 0. The van der Waals surface area contributed by atoms with E-state index in [1.54, 1.807) is 6.92 Å². The number of allylic oxidation sites excluding steroid dienone is 2. The summed E-state index contributed by atoms with van der Waals surface area (Å²) in [5, 5.41) is 18.5. The van der Waals surface area contributed by atoms with Crippen LogP contribution in [-0.2, 0) is 14.4 Å². The van der Waals surface area contributed by atoms with Crippen LogP contribution < -0.4 is 0 Å². The van der Waals surface area contributed by atoms with Crippen LogP contribution in [0.5, 0.6) is 0 Å². The Morgan fingerprint density at radius 3 is 2.43 bits per heavy atom. The number of carbonyl (C=O) groups excluding carboxylic acids is 2. The lowest BCUT2D eigenvalue weighted by Crippen LogP contribution is -2.43. The molecular weight excluding hydrogens is 356 g/mol. The van der Waals surface area contributed by atoms with Gasteiger partial charge in [-0.05, 0) is 74.5 Å². The Balaban J connectivity index is 1.98. The Labute approximate surface area is 167 Å². The first-order valence-corrected chi connectivity index (χ1v) is 10.7. The smallest absolute Gasteiger partial charge is 0.303 e. The summed E-state index contributed by atoms with van der Waals surface area (Å²) in [5.74, 6) is -0.0491. The maximum absolute atomic E-state index is 12.2. The van der Waals surface area contributed by atoms with Gasteiger partial charge in [0.15, 0.2) is 5.78 Å². The maximum atomic E-state index is 12.2. The summed E-state index contributed by atoms with van der Waals surface area (Å²) < 4.78 is 0. The van der Waals surface area contributed by atoms with Gasteiger partial charge in [0.2, 0.25) is 0 Å². The number of fused-ring (bicyclic) bond motifs is 2. The zero-order valence-corrected chi connectivity index (χ0v) is 17.4. The number of hydrogen-bond acceptors (Lipinski definition) is 4. The number of aliphatic hydroxyl groups is 1. The number of hydrogen-bond donors (Lipinski definition) is 2. The first-order valence-electron chi connectivity index (χ1n) is 10.7. The Bertz CT molecular complexity index is 708. The highest BCUT2D eigenvalue weighted by molar-refractivity contribution is 5.80. The molecule has 0 heterocycles. The molecule has 0 spiro atoms. The van der Waals surface area contributed by atoms with E-state index in [-0.39, 0.29) is 34.9 Å². The fraction of sp³-hybridized carbons (Fsp3) is 0.783. The van der Waals surface area contributed by atoms with Crippen LogP contribution in [0.15, 0.2) is 11.1 Å². The first kappa shape index (κ1) is 21.2. The second-order valence-corrected chi connectivity index (χ2v) is 9.75. The summed E-state index contributed by atoms with van der Waals surface area (Å²) in [4.78, 5) is 35.6. The van der Waals surface area contributed by atoms with E-state index < -0.39 is 12.6 Å². The molecule has 1 saturated carbocycles. The highest BCUT2D eigenvalue weighted by Crippen LogP contribution is 2.64. The summed E-state index contributed by atoms with van der Waals surface area (Å²) in [6.45, 7) is 5.69. The average molecular weight is 391 g/mol. The van der Waals surface area contributed by atoms with Gasteiger partial charge < -0.3 is 10.2 Å². The molecule has 156 valence electrons. The van der Waals surface area contributed by atoms with E-state index in [9.17, 15) is 24.6 Å². The van der Waals surface area contributed by atoms with E-state index in [1.807, 2.05) is 0 Å². The fourth-order valence-corrected chi connectivity index (χ4v) is 6.85. The van der Waals surface area contributed by atoms with Crippen LogP contribution in [0.2, 0.25) is 0 Å². The van der Waals surface area contributed by atoms with Gasteiger partial charge >= 0.3 is 5.97 Å². The second-order valence-electron chi connectivity index (χ2n) is 9.75. The van der Waals surface area contributed by atoms with E-state index in [0.717, 1.165) is 38.5 Å². The van der Waals surface area contributed by atoms with E-state index in [1.165, 1.54) is 11.1 Å². The van der Waals surface area contributed by atoms with Gasteiger partial charge in [0, 0.05) is 18.8 Å². The molecule has 0 saturated heterocycles. The maximum Gasteiger partial charge on any atom is 0.303 e. The van der Waals surface area contributed by atoms with Crippen LogP contribution in [0.1, 0.15) is 78.6 Å². The van der Waals surface area contributed by atoms with Crippen molar-refractivity contribution in [2.45, 2.75) is 78.6 Å². The minimum absolute atomic E-state index is 0.0200. The predicted octanol–water partition coefficient (Wildman–Crippen LogP) is 3.93. The van der Waals surface area contributed by atoms with Crippen LogP contribution in [-0.4, -0.2) is 34.4 Å². The Morgan fingerprint density at radius 1 is 1.11 bits per heavy atom. The lowest BCUT2D eigenvalue weighted by atomic mass is 9.52. The van der Waals surface area contributed by atoms with E-state index >= 15 is 0 Å². The normalized spacial score (nSPS) is 37.4. The van der Waals surface area contributed by atoms with Crippen molar-refractivity contribution in [3.05, 3.63) is 11.1 Å². The first-order chi connectivity index (χ1) is 13.1. The number of ketones is 2. The van der Waals surface area contributed by atoms with Crippen molar-refractivity contribution in [2.75, 3.05) is 6.61 Å². The zero-order valence-electron chi connectivity index (χ0n) is 17.4. The van der Waals surface area contributed by atoms with Crippen LogP contribution in [0, 0.1) is 28.6 Å². The zero-order chi connectivity index (χ0) is 20.7. The van der Waals surface area contributed by atoms with Crippen molar-refractivity contribution in [3.8, 4) is 0 Å². The molecule has 0 aromatic heterocycles. The lowest BCUT2D eigenvalue weighted by Gasteiger charge is -2.52. The summed E-state index contributed by atoms with van der Waals surface area (Å²) in [6.07, 6.45) is 6.58. The molecule has 5 heteroatoms.